The summed E-state index contributed by atoms with van der Waals surface area (Å²) in [4.78, 5) is 12.8. The number of fused-ring (bicyclic) bond motifs is 3. The topological polar surface area (TPSA) is 95.8 Å². The second kappa shape index (κ2) is 6.05. The lowest BCUT2D eigenvalue weighted by Gasteiger charge is -2.06. The molecule has 9 nitrogen and oxygen atoms in total. The molecule has 0 aliphatic rings. The fourth-order valence-electron chi connectivity index (χ4n) is 3.23. The molecule has 1 aromatic carbocycles. The molecule has 4 aromatic heterocycles. The van der Waals surface area contributed by atoms with Gasteiger partial charge in [0.05, 0.1) is 11.3 Å². The fourth-order valence-corrected chi connectivity index (χ4v) is 3.23. The first-order chi connectivity index (χ1) is 13.7. The van der Waals surface area contributed by atoms with Gasteiger partial charge in [0, 0.05) is 6.20 Å². The van der Waals surface area contributed by atoms with E-state index in [1.54, 1.807) is 28.9 Å². The summed E-state index contributed by atoms with van der Waals surface area (Å²) in [5, 5.41) is 20.5. The summed E-state index contributed by atoms with van der Waals surface area (Å²) < 4.78 is 17.7. The monoisotopic (exact) mass is 376 g/mol. The number of hydrogen-bond donors (Lipinski definition) is 0. The van der Waals surface area contributed by atoms with E-state index in [4.69, 9.17) is 0 Å². The highest BCUT2D eigenvalue weighted by Gasteiger charge is 2.19. The fraction of sp³-hybridized carbons (Fsp3) is 0.111. The van der Waals surface area contributed by atoms with Crippen LogP contribution in [0.15, 0.2) is 54.0 Å². The summed E-state index contributed by atoms with van der Waals surface area (Å²) in [5.41, 5.74) is 3.19. The van der Waals surface area contributed by atoms with Crippen LogP contribution in [0.4, 0.5) is 4.39 Å². The van der Waals surface area contributed by atoms with Crippen LogP contribution in [0.5, 0.6) is 0 Å². The number of benzene rings is 1. The molecule has 10 heteroatoms. The van der Waals surface area contributed by atoms with Crippen molar-refractivity contribution in [3.63, 3.8) is 0 Å². The minimum atomic E-state index is -0.372. The molecule has 0 atom stereocenters. The average Bonchev–Trinajstić information content (AvgIpc) is 3.36. The van der Waals surface area contributed by atoms with Gasteiger partial charge in [0.25, 0.3) is 5.56 Å². The summed E-state index contributed by atoms with van der Waals surface area (Å²) in [7, 11) is 0. The van der Waals surface area contributed by atoms with Crippen molar-refractivity contribution in [2.75, 3.05) is 0 Å². The van der Waals surface area contributed by atoms with Gasteiger partial charge in [-0.05, 0) is 30.2 Å². The quantitative estimate of drug-likeness (QED) is 0.476. The summed E-state index contributed by atoms with van der Waals surface area (Å²) in [6.45, 7) is 1.98. The number of halogens is 1. The maximum absolute atomic E-state index is 13.3. The summed E-state index contributed by atoms with van der Waals surface area (Å²) >= 11 is 0. The van der Waals surface area contributed by atoms with E-state index in [0.29, 0.717) is 17.6 Å². The number of nitrogens with zero attached hydrogens (tertiary/aromatic N) is 8. The molecule has 28 heavy (non-hydrogen) atoms. The first-order valence-electron chi connectivity index (χ1n) is 8.58. The number of pyridine rings is 1. The standard InChI is InChI=1S/C18H13FN8O/c1-2-13-15(11-3-5-12(19)6-4-11)17-23-22-16-14(27(17)24-13)7-8-26(18(16)28)25-9-20-21-10-25/h3-10H,2H2,1H3. The van der Waals surface area contributed by atoms with Crippen molar-refractivity contribution in [2.24, 2.45) is 0 Å². The maximum atomic E-state index is 13.3. The SMILES string of the molecule is CCc1nn2c(nnc3c(=O)n(-n4cnnc4)ccc32)c1-c1ccc(F)cc1. The van der Waals surface area contributed by atoms with E-state index in [-0.39, 0.29) is 16.9 Å². The van der Waals surface area contributed by atoms with Crippen LogP contribution in [0, 0.1) is 5.82 Å². The Balaban J connectivity index is 1.81. The summed E-state index contributed by atoms with van der Waals surface area (Å²) in [6.07, 6.45) is 5.07. The minimum Gasteiger partial charge on any atom is -0.265 e. The third-order valence-electron chi connectivity index (χ3n) is 4.56. The van der Waals surface area contributed by atoms with Gasteiger partial charge >= 0.3 is 0 Å². The Morgan fingerprint density at radius 2 is 1.79 bits per heavy atom. The number of hydrogen-bond acceptors (Lipinski definition) is 6. The smallest absolute Gasteiger partial charge is 0.265 e. The van der Waals surface area contributed by atoms with Crippen LogP contribution in [-0.2, 0) is 6.42 Å². The van der Waals surface area contributed by atoms with E-state index in [1.165, 1.54) is 34.1 Å². The maximum Gasteiger partial charge on any atom is 0.299 e. The largest absolute Gasteiger partial charge is 0.299 e. The van der Waals surface area contributed by atoms with E-state index in [1.807, 2.05) is 6.92 Å². The van der Waals surface area contributed by atoms with Crippen molar-refractivity contribution in [3.05, 3.63) is 71.0 Å². The van der Waals surface area contributed by atoms with Gasteiger partial charge in [-0.1, -0.05) is 19.1 Å². The zero-order valence-corrected chi connectivity index (χ0v) is 14.7. The van der Waals surface area contributed by atoms with Crippen molar-refractivity contribution in [3.8, 4) is 11.1 Å². The number of aromatic nitrogens is 8. The van der Waals surface area contributed by atoms with Crippen LogP contribution < -0.4 is 5.56 Å². The van der Waals surface area contributed by atoms with Crippen LogP contribution in [0.1, 0.15) is 12.6 Å². The second-order valence-corrected chi connectivity index (χ2v) is 6.16. The Hall–Kier alpha value is -3.95. The van der Waals surface area contributed by atoms with Gasteiger partial charge in [0.2, 0.25) is 0 Å². The van der Waals surface area contributed by atoms with E-state index in [0.717, 1.165) is 16.8 Å². The van der Waals surface area contributed by atoms with Crippen molar-refractivity contribution in [2.45, 2.75) is 13.3 Å². The molecule has 4 heterocycles. The van der Waals surface area contributed by atoms with Gasteiger partial charge in [-0.3, -0.25) is 4.79 Å². The molecule has 5 aromatic rings. The molecular formula is C18H13FN8O. The van der Waals surface area contributed by atoms with Crippen molar-refractivity contribution >= 4 is 16.7 Å². The molecule has 0 saturated heterocycles. The van der Waals surface area contributed by atoms with E-state index in [9.17, 15) is 9.18 Å². The minimum absolute atomic E-state index is 0.166. The highest BCUT2D eigenvalue weighted by Crippen LogP contribution is 2.29. The number of aryl methyl sites for hydroxylation is 1. The lowest BCUT2D eigenvalue weighted by Crippen LogP contribution is -2.26. The number of rotatable bonds is 3. The molecule has 5 rings (SSSR count). The molecule has 0 amide bonds. The first-order valence-corrected chi connectivity index (χ1v) is 8.58. The van der Waals surface area contributed by atoms with Gasteiger partial charge < -0.3 is 0 Å². The van der Waals surface area contributed by atoms with Crippen LogP contribution >= 0.6 is 0 Å². The van der Waals surface area contributed by atoms with Gasteiger partial charge in [-0.25, -0.2) is 18.3 Å². The Morgan fingerprint density at radius 1 is 1.04 bits per heavy atom. The Morgan fingerprint density at radius 3 is 2.50 bits per heavy atom. The molecule has 0 unspecified atom stereocenters. The lowest BCUT2D eigenvalue weighted by atomic mass is 10.0. The Labute approximate surface area is 156 Å². The average molecular weight is 376 g/mol. The zero-order valence-electron chi connectivity index (χ0n) is 14.7. The predicted molar refractivity (Wildman–Crippen MR) is 98.1 cm³/mol. The van der Waals surface area contributed by atoms with Gasteiger partial charge in [0.15, 0.2) is 11.2 Å². The first kappa shape index (κ1) is 16.2. The Kier molecular flexibility index (Phi) is 3.51. The normalized spacial score (nSPS) is 11.5. The van der Waals surface area contributed by atoms with Crippen LogP contribution in [0.3, 0.4) is 0 Å². The third kappa shape index (κ3) is 2.31. The summed E-state index contributed by atoms with van der Waals surface area (Å²) in [5.74, 6) is -0.315. The van der Waals surface area contributed by atoms with E-state index in [2.05, 4.69) is 25.5 Å². The summed E-state index contributed by atoms with van der Waals surface area (Å²) in [6, 6.07) is 7.89. The third-order valence-corrected chi connectivity index (χ3v) is 4.56. The van der Waals surface area contributed by atoms with Crippen molar-refractivity contribution in [1.29, 1.82) is 0 Å². The highest BCUT2D eigenvalue weighted by molar-refractivity contribution is 5.84. The molecule has 138 valence electrons. The molecule has 0 aliphatic heterocycles. The van der Waals surface area contributed by atoms with Gasteiger partial charge in [-0.15, -0.1) is 20.4 Å². The van der Waals surface area contributed by atoms with Crippen molar-refractivity contribution in [1.82, 2.24) is 39.4 Å². The molecule has 0 aliphatic carbocycles. The van der Waals surface area contributed by atoms with Crippen LogP contribution in [0.25, 0.3) is 27.8 Å². The van der Waals surface area contributed by atoms with Gasteiger partial charge in [-0.2, -0.15) is 5.10 Å². The molecule has 0 N–H and O–H groups in total. The molecular weight excluding hydrogens is 363 g/mol. The predicted octanol–water partition coefficient (Wildman–Crippen LogP) is 1.71. The molecule has 0 radical (unpaired) electrons. The van der Waals surface area contributed by atoms with E-state index < -0.39 is 0 Å². The van der Waals surface area contributed by atoms with E-state index >= 15 is 0 Å². The molecule has 0 fully saturated rings. The molecule has 0 spiro atoms. The lowest BCUT2D eigenvalue weighted by molar-refractivity contribution is 0.628. The van der Waals surface area contributed by atoms with Crippen LogP contribution in [-0.4, -0.2) is 39.4 Å². The zero-order chi connectivity index (χ0) is 19.3. The van der Waals surface area contributed by atoms with Crippen molar-refractivity contribution < 1.29 is 4.39 Å². The van der Waals surface area contributed by atoms with Crippen LogP contribution in [0.2, 0.25) is 0 Å². The highest BCUT2D eigenvalue weighted by atomic mass is 19.1. The molecule has 0 bridgehead atoms. The Bertz CT molecular complexity index is 1370. The molecule has 0 saturated carbocycles. The second-order valence-electron chi connectivity index (χ2n) is 6.16. The van der Waals surface area contributed by atoms with Gasteiger partial charge in [0.1, 0.15) is 24.0 Å².